The second kappa shape index (κ2) is 10.0. The minimum atomic E-state index is -0.174. The van der Waals surface area contributed by atoms with Crippen LogP contribution >= 0.6 is 0 Å². The summed E-state index contributed by atoms with van der Waals surface area (Å²) in [5.41, 5.74) is 0. The smallest absolute Gasteiger partial charge is 0.234 e. The van der Waals surface area contributed by atoms with Gasteiger partial charge in [0.25, 0.3) is 0 Å². The number of nitrogens with zero attached hydrogens (tertiary/aromatic N) is 5. The lowest BCUT2D eigenvalue weighted by molar-refractivity contribution is -0.132. The third-order valence-electron chi connectivity index (χ3n) is 4.80. The number of nitrogens with one attached hydrogen (secondary N) is 1. The van der Waals surface area contributed by atoms with Gasteiger partial charge in [0.2, 0.25) is 11.8 Å². The van der Waals surface area contributed by atoms with Gasteiger partial charge in [-0.15, -0.1) is 10.2 Å². The Morgan fingerprint density at radius 1 is 1.07 bits per heavy atom. The normalized spacial score (nSPS) is 15.7. The van der Waals surface area contributed by atoms with Gasteiger partial charge in [-0.25, -0.2) is 0 Å². The third-order valence-corrected chi connectivity index (χ3v) is 4.80. The van der Waals surface area contributed by atoms with Crippen LogP contribution in [0.25, 0.3) is 0 Å². The van der Waals surface area contributed by atoms with E-state index in [4.69, 9.17) is 0 Å². The zero-order chi connectivity index (χ0) is 20.8. The molecule has 0 saturated heterocycles. The fraction of sp³-hybridized carbons (Fsp3) is 0.800. The molecule has 2 rings (SSSR count). The predicted octanol–water partition coefficient (Wildman–Crippen LogP) is 1.47. The molecular formula is C20H36N6O2. The minimum absolute atomic E-state index is 0.0182. The van der Waals surface area contributed by atoms with Crippen molar-refractivity contribution in [3.05, 3.63) is 11.6 Å². The van der Waals surface area contributed by atoms with Crippen molar-refractivity contribution in [1.29, 1.82) is 0 Å². The molecule has 0 radical (unpaired) electrons. The lowest BCUT2D eigenvalue weighted by Crippen LogP contribution is -2.38. The number of carbonyl (C=O) groups is 2. The van der Waals surface area contributed by atoms with E-state index in [2.05, 4.69) is 47.8 Å². The zero-order valence-electron chi connectivity index (χ0n) is 18.2. The highest BCUT2D eigenvalue weighted by Gasteiger charge is 2.27. The van der Waals surface area contributed by atoms with Gasteiger partial charge in [-0.05, 0) is 32.4 Å². The number of amides is 2. The van der Waals surface area contributed by atoms with E-state index in [0.717, 1.165) is 18.1 Å². The Morgan fingerprint density at radius 3 is 2.39 bits per heavy atom. The summed E-state index contributed by atoms with van der Waals surface area (Å²) in [6.07, 6.45) is 2.06. The fourth-order valence-corrected chi connectivity index (χ4v) is 3.56. The molecule has 158 valence electrons. The van der Waals surface area contributed by atoms with Gasteiger partial charge in [0.1, 0.15) is 5.82 Å². The van der Waals surface area contributed by atoms with Crippen LogP contribution in [0.2, 0.25) is 0 Å². The molecule has 8 nitrogen and oxygen atoms in total. The van der Waals surface area contributed by atoms with Crippen LogP contribution < -0.4 is 5.32 Å². The first-order chi connectivity index (χ1) is 13.2. The highest BCUT2D eigenvalue weighted by molar-refractivity contribution is 5.78. The molecule has 1 aromatic heterocycles. The summed E-state index contributed by atoms with van der Waals surface area (Å²) in [6, 6.07) is -0.174. The van der Waals surface area contributed by atoms with Crippen molar-refractivity contribution in [2.45, 2.75) is 59.5 Å². The quantitative estimate of drug-likeness (QED) is 0.724. The summed E-state index contributed by atoms with van der Waals surface area (Å²) in [5, 5.41) is 11.9. The molecule has 1 aliphatic rings. The molecule has 1 N–H and O–H groups in total. The third kappa shape index (κ3) is 6.29. The monoisotopic (exact) mass is 392 g/mol. The van der Waals surface area contributed by atoms with Crippen molar-refractivity contribution < 1.29 is 9.59 Å². The maximum atomic E-state index is 12.5. The molecule has 2 heterocycles. The number of likely N-dealkylation sites (N-methyl/N-ethyl adjacent to an activating group) is 1. The first-order valence-corrected chi connectivity index (χ1v) is 10.3. The summed E-state index contributed by atoms with van der Waals surface area (Å²) in [5.74, 6) is 2.64. The standard InChI is InChI=1S/C20H36N6O2/c1-14(2)11-16(21-18(27)13-24(5)6)20-23-22-17-7-8-25(9-10-26(17)20)19(28)12-15(3)4/h14-16H,7-13H2,1-6H3,(H,21,27)/t16-/m0/s1. The minimum Gasteiger partial charge on any atom is -0.345 e. The van der Waals surface area contributed by atoms with Gasteiger partial charge >= 0.3 is 0 Å². The van der Waals surface area contributed by atoms with Crippen LogP contribution in [0.4, 0.5) is 0 Å². The Morgan fingerprint density at radius 2 is 1.79 bits per heavy atom. The largest absolute Gasteiger partial charge is 0.345 e. The average molecular weight is 393 g/mol. The lowest BCUT2D eigenvalue weighted by atomic mass is 10.0. The van der Waals surface area contributed by atoms with Gasteiger partial charge in [-0.3, -0.25) is 9.59 Å². The van der Waals surface area contributed by atoms with E-state index in [9.17, 15) is 9.59 Å². The van der Waals surface area contributed by atoms with Crippen LogP contribution in [0.1, 0.15) is 58.2 Å². The number of rotatable bonds is 8. The van der Waals surface area contributed by atoms with Crippen molar-refractivity contribution in [2.24, 2.45) is 11.8 Å². The molecule has 1 atom stereocenters. The molecule has 1 aromatic rings. The molecule has 0 aliphatic carbocycles. The topological polar surface area (TPSA) is 83.4 Å². The Bertz CT molecular complexity index is 668. The molecule has 28 heavy (non-hydrogen) atoms. The number of hydrogen-bond acceptors (Lipinski definition) is 5. The maximum Gasteiger partial charge on any atom is 0.234 e. The molecule has 2 amide bonds. The van der Waals surface area contributed by atoms with E-state index in [1.807, 2.05) is 23.9 Å². The molecule has 0 unspecified atom stereocenters. The SMILES string of the molecule is CC(C)CC(=O)N1CCc2nnc([C@H](CC(C)C)NC(=O)CN(C)C)n2CC1. The molecule has 1 aliphatic heterocycles. The summed E-state index contributed by atoms with van der Waals surface area (Å²) >= 11 is 0. The predicted molar refractivity (Wildman–Crippen MR) is 109 cm³/mol. The number of hydrogen-bond donors (Lipinski definition) is 1. The van der Waals surface area contributed by atoms with Gasteiger partial charge < -0.3 is 19.7 Å². The molecule has 8 heteroatoms. The highest BCUT2D eigenvalue weighted by Crippen LogP contribution is 2.22. The van der Waals surface area contributed by atoms with Crippen molar-refractivity contribution in [3.63, 3.8) is 0 Å². The van der Waals surface area contributed by atoms with E-state index >= 15 is 0 Å². The van der Waals surface area contributed by atoms with Crippen LogP contribution in [0, 0.1) is 11.8 Å². The number of aromatic nitrogens is 3. The maximum absolute atomic E-state index is 12.5. The van der Waals surface area contributed by atoms with E-state index in [-0.39, 0.29) is 17.9 Å². The van der Waals surface area contributed by atoms with Crippen LogP contribution in [0.15, 0.2) is 0 Å². The Labute approximate surface area is 168 Å². The Balaban J connectivity index is 2.15. The van der Waals surface area contributed by atoms with Crippen LogP contribution in [0.3, 0.4) is 0 Å². The van der Waals surface area contributed by atoms with Gasteiger partial charge in [0.15, 0.2) is 5.82 Å². The van der Waals surface area contributed by atoms with Crippen molar-refractivity contribution in [2.75, 3.05) is 33.7 Å². The second-order valence-corrected chi connectivity index (χ2v) is 8.84. The van der Waals surface area contributed by atoms with Crippen molar-refractivity contribution >= 4 is 11.8 Å². The summed E-state index contributed by atoms with van der Waals surface area (Å²) in [4.78, 5) is 28.6. The molecule has 0 aromatic carbocycles. The lowest BCUT2D eigenvalue weighted by Gasteiger charge is -2.23. The number of fused-ring (bicyclic) bond motifs is 1. The zero-order valence-corrected chi connectivity index (χ0v) is 18.2. The average Bonchev–Trinajstić information content (AvgIpc) is 2.83. The van der Waals surface area contributed by atoms with Gasteiger partial charge in [0, 0.05) is 32.5 Å². The van der Waals surface area contributed by atoms with E-state index < -0.39 is 0 Å². The van der Waals surface area contributed by atoms with Gasteiger partial charge in [0.05, 0.1) is 12.6 Å². The van der Waals surface area contributed by atoms with Crippen LogP contribution in [0.5, 0.6) is 0 Å². The first-order valence-electron chi connectivity index (χ1n) is 10.3. The van der Waals surface area contributed by atoms with E-state index in [1.165, 1.54) is 0 Å². The van der Waals surface area contributed by atoms with Crippen molar-refractivity contribution in [1.82, 2.24) is 29.9 Å². The molecule has 0 saturated carbocycles. The summed E-state index contributed by atoms with van der Waals surface area (Å²) in [7, 11) is 3.76. The Hall–Kier alpha value is -1.96. The molecule has 0 fully saturated rings. The second-order valence-electron chi connectivity index (χ2n) is 8.84. The number of carbonyl (C=O) groups excluding carboxylic acids is 2. The highest BCUT2D eigenvalue weighted by atomic mass is 16.2. The van der Waals surface area contributed by atoms with E-state index in [0.29, 0.717) is 50.9 Å². The van der Waals surface area contributed by atoms with Crippen molar-refractivity contribution in [3.8, 4) is 0 Å². The van der Waals surface area contributed by atoms with E-state index in [1.54, 1.807) is 0 Å². The van der Waals surface area contributed by atoms with Gasteiger partial charge in [-0.2, -0.15) is 0 Å². The Kier molecular flexibility index (Phi) is 7.98. The van der Waals surface area contributed by atoms with Gasteiger partial charge in [-0.1, -0.05) is 27.7 Å². The van der Waals surface area contributed by atoms with Crippen LogP contribution in [-0.2, 0) is 22.6 Å². The molecule has 0 bridgehead atoms. The first kappa shape index (κ1) is 22.3. The fourth-order valence-electron chi connectivity index (χ4n) is 3.56. The molecule has 0 spiro atoms. The molecular weight excluding hydrogens is 356 g/mol. The summed E-state index contributed by atoms with van der Waals surface area (Å²) < 4.78 is 2.10. The summed E-state index contributed by atoms with van der Waals surface area (Å²) in [6.45, 7) is 10.7. The van der Waals surface area contributed by atoms with Crippen LogP contribution in [-0.4, -0.2) is 70.1 Å².